The first-order chi connectivity index (χ1) is 10.2. The van der Waals surface area contributed by atoms with Gasteiger partial charge in [0.25, 0.3) is 0 Å². The summed E-state index contributed by atoms with van der Waals surface area (Å²) in [4.78, 5) is 14.5. The van der Waals surface area contributed by atoms with Crippen LogP contribution in [0.15, 0.2) is 0 Å². The lowest BCUT2D eigenvalue weighted by Crippen LogP contribution is -2.53. The molecule has 2 fully saturated rings. The van der Waals surface area contributed by atoms with Crippen molar-refractivity contribution in [2.24, 2.45) is 5.92 Å². The number of amides is 1. The lowest BCUT2D eigenvalue weighted by atomic mass is 9.79. The van der Waals surface area contributed by atoms with Crippen molar-refractivity contribution in [3.05, 3.63) is 0 Å². The molecular weight excluding hydrogens is 272 g/mol. The molecule has 3 atom stereocenters. The molecule has 1 saturated carbocycles. The second kappa shape index (κ2) is 8.08. The first kappa shape index (κ1) is 16.7. The molecule has 21 heavy (non-hydrogen) atoms. The van der Waals surface area contributed by atoms with Crippen LogP contribution < -0.4 is 5.32 Å². The van der Waals surface area contributed by atoms with Gasteiger partial charge in [-0.25, -0.2) is 0 Å². The molecule has 0 aromatic heterocycles. The number of aliphatic hydroxyl groups excluding tert-OH is 3. The Kier molecular flexibility index (Phi) is 6.41. The van der Waals surface area contributed by atoms with Gasteiger partial charge in [0.2, 0.25) is 5.91 Å². The molecule has 0 bridgehead atoms. The Morgan fingerprint density at radius 3 is 2.52 bits per heavy atom. The van der Waals surface area contributed by atoms with Gasteiger partial charge in [0, 0.05) is 12.6 Å². The third-order valence-corrected chi connectivity index (χ3v) is 4.89. The van der Waals surface area contributed by atoms with E-state index in [4.69, 9.17) is 5.11 Å². The Hall–Kier alpha value is -0.690. The molecule has 4 N–H and O–H groups in total. The van der Waals surface area contributed by atoms with Crippen molar-refractivity contribution in [2.45, 2.75) is 56.7 Å². The normalized spacial score (nSPS) is 26.3. The minimum atomic E-state index is -0.773. The second-order valence-corrected chi connectivity index (χ2v) is 6.25. The van der Waals surface area contributed by atoms with E-state index in [2.05, 4.69) is 10.2 Å². The molecule has 2 aliphatic rings. The molecule has 1 saturated heterocycles. The molecule has 2 rings (SSSR count). The quantitative estimate of drug-likeness (QED) is 0.484. The van der Waals surface area contributed by atoms with Crippen LogP contribution in [-0.2, 0) is 4.79 Å². The summed E-state index contributed by atoms with van der Waals surface area (Å²) >= 11 is 0. The minimum absolute atomic E-state index is 0.0181. The topological polar surface area (TPSA) is 93.0 Å². The SMILES string of the molecule is O=C(NCC[C@H](O)CO)C1CCCN1C(CO)C1CCC1. The molecule has 1 heterocycles. The van der Waals surface area contributed by atoms with E-state index in [0.29, 0.717) is 18.9 Å². The highest BCUT2D eigenvalue weighted by Gasteiger charge is 2.39. The van der Waals surface area contributed by atoms with E-state index in [9.17, 15) is 15.0 Å². The lowest BCUT2D eigenvalue weighted by molar-refractivity contribution is -0.127. The molecule has 2 unspecified atom stereocenters. The highest BCUT2D eigenvalue weighted by Crippen LogP contribution is 2.35. The third kappa shape index (κ3) is 4.16. The average Bonchev–Trinajstić information content (AvgIpc) is 2.91. The maximum absolute atomic E-state index is 12.3. The van der Waals surface area contributed by atoms with Crippen LogP contribution in [0.1, 0.15) is 38.5 Å². The summed E-state index contributed by atoms with van der Waals surface area (Å²) in [6.45, 7) is 1.09. The molecule has 1 aliphatic heterocycles. The van der Waals surface area contributed by atoms with Gasteiger partial charge in [-0.1, -0.05) is 6.42 Å². The molecule has 122 valence electrons. The van der Waals surface area contributed by atoms with Gasteiger partial charge in [-0.3, -0.25) is 9.69 Å². The highest BCUT2D eigenvalue weighted by molar-refractivity contribution is 5.82. The number of likely N-dealkylation sites (tertiary alicyclic amines) is 1. The number of carbonyl (C=O) groups excluding carboxylic acids is 1. The Morgan fingerprint density at radius 2 is 1.95 bits per heavy atom. The Morgan fingerprint density at radius 1 is 1.19 bits per heavy atom. The fourth-order valence-electron chi connectivity index (χ4n) is 3.39. The summed E-state index contributed by atoms with van der Waals surface area (Å²) in [7, 11) is 0. The van der Waals surface area contributed by atoms with Crippen LogP contribution in [0, 0.1) is 5.92 Å². The zero-order chi connectivity index (χ0) is 15.2. The van der Waals surface area contributed by atoms with E-state index in [1.54, 1.807) is 0 Å². The summed E-state index contributed by atoms with van der Waals surface area (Å²) in [5, 5.41) is 30.5. The number of carbonyl (C=O) groups is 1. The largest absolute Gasteiger partial charge is 0.395 e. The van der Waals surface area contributed by atoms with Crippen molar-refractivity contribution in [2.75, 3.05) is 26.3 Å². The number of aliphatic hydroxyl groups is 3. The fourth-order valence-corrected chi connectivity index (χ4v) is 3.39. The van der Waals surface area contributed by atoms with Crippen molar-refractivity contribution in [1.82, 2.24) is 10.2 Å². The minimum Gasteiger partial charge on any atom is -0.395 e. The van der Waals surface area contributed by atoms with Crippen molar-refractivity contribution >= 4 is 5.91 Å². The summed E-state index contributed by atoms with van der Waals surface area (Å²) in [6, 6.07) is -0.0472. The lowest BCUT2D eigenvalue weighted by Gasteiger charge is -2.40. The number of nitrogens with one attached hydrogen (secondary N) is 1. The van der Waals surface area contributed by atoms with E-state index in [1.807, 2.05) is 0 Å². The summed E-state index contributed by atoms with van der Waals surface area (Å²) in [6.07, 6.45) is 4.94. The Labute approximate surface area is 126 Å². The zero-order valence-electron chi connectivity index (χ0n) is 12.6. The van der Waals surface area contributed by atoms with E-state index >= 15 is 0 Å². The first-order valence-electron chi connectivity index (χ1n) is 8.10. The van der Waals surface area contributed by atoms with Crippen molar-refractivity contribution in [1.29, 1.82) is 0 Å². The molecule has 1 aliphatic carbocycles. The summed E-state index contributed by atoms with van der Waals surface area (Å²) in [5.74, 6) is 0.509. The molecule has 0 aromatic rings. The summed E-state index contributed by atoms with van der Waals surface area (Å²) < 4.78 is 0. The molecular formula is C15H28N2O4. The maximum Gasteiger partial charge on any atom is 0.237 e. The monoisotopic (exact) mass is 300 g/mol. The number of hydrogen-bond acceptors (Lipinski definition) is 5. The predicted molar refractivity (Wildman–Crippen MR) is 78.7 cm³/mol. The van der Waals surface area contributed by atoms with Gasteiger partial charge in [-0.15, -0.1) is 0 Å². The van der Waals surface area contributed by atoms with Gasteiger partial charge in [0.15, 0.2) is 0 Å². The number of rotatable bonds is 8. The van der Waals surface area contributed by atoms with Crippen LogP contribution in [0.3, 0.4) is 0 Å². The van der Waals surface area contributed by atoms with Crippen LogP contribution in [0.25, 0.3) is 0 Å². The van der Waals surface area contributed by atoms with Crippen LogP contribution in [0.2, 0.25) is 0 Å². The van der Waals surface area contributed by atoms with Gasteiger partial charge in [0.05, 0.1) is 25.4 Å². The van der Waals surface area contributed by atoms with Gasteiger partial charge >= 0.3 is 0 Å². The van der Waals surface area contributed by atoms with E-state index in [1.165, 1.54) is 6.42 Å². The first-order valence-corrected chi connectivity index (χ1v) is 8.10. The van der Waals surface area contributed by atoms with Crippen molar-refractivity contribution < 1.29 is 20.1 Å². The molecule has 0 spiro atoms. The third-order valence-electron chi connectivity index (χ3n) is 4.89. The van der Waals surface area contributed by atoms with Crippen LogP contribution >= 0.6 is 0 Å². The average molecular weight is 300 g/mol. The van der Waals surface area contributed by atoms with E-state index in [-0.39, 0.29) is 31.2 Å². The van der Waals surface area contributed by atoms with E-state index < -0.39 is 6.10 Å². The maximum atomic E-state index is 12.3. The number of nitrogens with zero attached hydrogens (tertiary/aromatic N) is 1. The molecule has 0 aromatic carbocycles. The molecule has 1 amide bonds. The van der Waals surface area contributed by atoms with E-state index in [0.717, 1.165) is 32.2 Å². The summed E-state index contributed by atoms with van der Waals surface area (Å²) in [5.41, 5.74) is 0. The van der Waals surface area contributed by atoms with Crippen LogP contribution in [-0.4, -0.2) is 70.6 Å². The second-order valence-electron chi connectivity index (χ2n) is 6.25. The molecule has 6 nitrogen and oxygen atoms in total. The Balaban J connectivity index is 1.83. The molecule has 0 radical (unpaired) electrons. The predicted octanol–water partition coefficient (Wildman–Crippen LogP) is -0.529. The van der Waals surface area contributed by atoms with Gasteiger partial charge in [0.1, 0.15) is 0 Å². The smallest absolute Gasteiger partial charge is 0.237 e. The number of hydrogen-bond donors (Lipinski definition) is 4. The van der Waals surface area contributed by atoms with Crippen LogP contribution in [0.5, 0.6) is 0 Å². The van der Waals surface area contributed by atoms with Crippen molar-refractivity contribution in [3.63, 3.8) is 0 Å². The van der Waals surface area contributed by atoms with Gasteiger partial charge in [-0.2, -0.15) is 0 Å². The van der Waals surface area contributed by atoms with Gasteiger partial charge in [-0.05, 0) is 44.6 Å². The standard InChI is InChI=1S/C15H28N2O4/c18-9-12(20)6-7-16-15(21)13-5-2-8-17(13)14(10-19)11-3-1-4-11/h11-14,18-20H,1-10H2,(H,16,21)/t12-,13?,14?/m0/s1. The molecule has 6 heteroatoms. The Bertz CT molecular complexity index is 336. The fraction of sp³-hybridized carbons (Fsp3) is 0.933. The zero-order valence-corrected chi connectivity index (χ0v) is 12.6. The van der Waals surface area contributed by atoms with Gasteiger partial charge < -0.3 is 20.6 Å². The van der Waals surface area contributed by atoms with Crippen molar-refractivity contribution in [3.8, 4) is 0 Å². The highest BCUT2D eigenvalue weighted by atomic mass is 16.3. The van der Waals surface area contributed by atoms with Crippen LogP contribution in [0.4, 0.5) is 0 Å².